The number of nitro groups is 1. The molecule has 0 aliphatic heterocycles. The van der Waals surface area contributed by atoms with Crippen LogP contribution < -0.4 is 10.1 Å². The number of hydrogen-bond donors (Lipinski definition) is 1. The average Bonchev–Trinajstić information content (AvgIpc) is 2.78. The van der Waals surface area contributed by atoms with E-state index in [1.54, 1.807) is 24.3 Å². The van der Waals surface area contributed by atoms with Crippen molar-refractivity contribution in [2.75, 3.05) is 5.32 Å². The van der Waals surface area contributed by atoms with Crippen molar-refractivity contribution in [3.8, 4) is 11.8 Å². The van der Waals surface area contributed by atoms with Crippen LogP contribution in [0.5, 0.6) is 5.75 Å². The van der Waals surface area contributed by atoms with E-state index in [2.05, 4.69) is 5.32 Å². The lowest BCUT2D eigenvalue weighted by Gasteiger charge is -2.07. The van der Waals surface area contributed by atoms with Gasteiger partial charge in [0.15, 0.2) is 0 Å². The van der Waals surface area contributed by atoms with Gasteiger partial charge in [0.1, 0.15) is 24.0 Å². The molecule has 0 aromatic heterocycles. The van der Waals surface area contributed by atoms with E-state index >= 15 is 0 Å². The molecule has 7 nitrogen and oxygen atoms in total. The number of anilines is 1. The fourth-order valence-electron chi connectivity index (χ4n) is 2.63. The first-order valence-corrected chi connectivity index (χ1v) is 9.48. The van der Waals surface area contributed by atoms with E-state index in [1.807, 2.05) is 36.4 Å². The number of amides is 1. The van der Waals surface area contributed by atoms with Gasteiger partial charge < -0.3 is 10.1 Å². The average molecular weight is 434 g/mol. The number of benzene rings is 3. The summed E-state index contributed by atoms with van der Waals surface area (Å²) in [5.74, 6) is -0.0818. The van der Waals surface area contributed by atoms with Gasteiger partial charge in [0, 0.05) is 12.1 Å². The Labute approximate surface area is 183 Å². The first kappa shape index (κ1) is 21.6. The summed E-state index contributed by atoms with van der Waals surface area (Å²) < 4.78 is 5.71. The third kappa shape index (κ3) is 5.92. The maximum Gasteiger partial charge on any atom is 0.271 e. The van der Waals surface area contributed by atoms with Gasteiger partial charge in [-0.2, -0.15) is 5.26 Å². The molecule has 0 aliphatic carbocycles. The Bertz CT molecular complexity index is 1170. The van der Waals surface area contributed by atoms with E-state index in [0.29, 0.717) is 17.9 Å². The number of hydrogen-bond acceptors (Lipinski definition) is 5. The van der Waals surface area contributed by atoms with Crippen LogP contribution >= 0.6 is 11.6 Å². The van der Waals surface area contributed by atoms with E-state index in [1.165, 1.54) is 18.2 Å². The smallest absolute Gasteiger partial charge is 0.271 e. The number of nitro benzene ring substituents is 1. The number of rotatable bonds is 7. The Kier molecular flexibility index (Phi) is 6.99. The van der Waals surface area contributed by atoms with Gasteiger partial charge >= 0.3 is 0 Å². The molecule has 0 atom stereocenters. The number of nitrogens with one attached hydrogen (secondary N) is 1. The van der Waals surface area contributed by atoms with E-state index in [4.69, 9.17) is 16.3 Å². The molecule has 0 aliphatic rings. The van der Waals surface area contributed by atoms with Crippen molar-refractivity contribution >= 4 is 35.0 Å². The molecule has 0 unspecified atom stereocenters. The van der Waals surface area contributed by atoms with Gasteiger partial charge in [0.2, 0.25) is 0 Å². The molecule has 1 N–H and O–H groups in total. The number of nitriles is 1. The lowest BCUT2D eigenvalue weighted by molar-refractivity contribution is -0.384. The molecule has 3 aromatic rings. The zero-order valence-electron chi connectivity index (χ0n) is 16.1. The highest BCUT2D eigenvalue weighted by Crippen LogP contribution is 2.27. The molecule has 0 radical (unpaired) electrons. The van der Waals surface area contributed by atoms with E-state index in [0.717, 1.165) is 11.6 Å². The molecule has 0 saturated heterocycles. The maximum absolute atomic E-state index is 12.5. The van der Waals surface area contributed by atoms with Crippen molar-refractivity contribution < 1.29 is 14.5 Å². The van der Waals surface area contributed by atoms with Gasteiger partial charge in [-0.1, -0.05) is 54.1 Å². The third-order valence-corrected chi connectivity index (χ3v) is 4.54. The van der Waals surface area contributed by atoms with E-state index in [-0.39, 0.29) is 22.0 Å². The molecule has 8 heteroatoms. The predicted octanol–water partition coefficient (Wildman–Crippen LogP) is 5.37. The van der Waals surface area contributed by atoms with Crippen LogP contribution in [0.2, 0.25) is 5.02 Å². The Morgan fingerprint density at radius 3 is 2.48 bits per heavy atom. The molecule has 0 spiro atoms. The maximum atomic E-state index is 12.5. The Morgan fingerprint density at radius 1 is 1.13 bits per heavy atom. The summed E-state index contributed by atoms with van der Waals surface area (Å²) in [5, 5.41) is 22.8. The molecule has 0 fully saturated rings. The Morgan fingerprint density at radius 2 is 1.84 bits per heavy atom. The van der Waals surface area contributed by atoms with E-state index in [9.17, 15) is 20.2 Å². The second-order valence-electron chi connectivity index (χ2n) is 6.39. The Hall–Kier alpha value is -4.15. The quantitative estimate of drug-likeness (QED) is 0.233. The molecular weight excluding hydrogens is 418 g/mol. The van der Waals surface area contributed by atoms with Gasteiger partial charge in [-0.05, 0) is 35.4 Å². The normalized spacial score (nSPS) is 10.8. The van der Waals surface area contributed by atoms with Crippen molar-refractivity contribution in [2.45, 2.75) is 6.61 Å². The third-order valence-electron chi connectivity index (χ3n) is 4.21. The Balaban J connectivity index is 1.69. The van der Waals surface area contributed by atoms with Crippen LogP contribution in [0, 0.1) is 21.4 Å². The first-order chi connectivity index (χ1) is 15.0. The number of halogens is 1. The minimum absolute atomic E-state index is 0.0478. The van der Waals surface area contributed by atoms with E-state index < -0.39 is 10.8 Å². The minimum Gasteiger partial charge on any atom is -0.489 e. The summed E-state index contributed by atoms with van der Waals surface area (Å²) >= 11 is 5.99. The van der Waals surface area contributed by atoms with Crippen molar-refractivity contribution in [3.05, 3.63) is 105 Å². The van der Waals surface area contributed by atoms with Gasteiger partial charge in [-0.15, -0.1) is 0 Å². The van der Waals surface area contributed by atoms with Crippen molar-refractivity contribution in [1.29, 1.82) is 5.26 Å². The lowest BCUT2D eigenvalue weighted by atomic mass is 10.1. The zero-order chi connectivity index (χ0) is 22.2. The molecule has 154 valence electrons. The topological polar surface area (TPSA) is 105 Å². The molecule has 0 saturated carbocycles. The van der Waals surface area contributed by atoms with Gasteiger partial charge in [-0.25, -0.2) is 0 Å². The molecule has 0 heterocycles. The number of carbonyl (C=O) groups excluding carboxylic acids is 1. The minimum atomic E-state index is -0.727. The summed E-state index contributed by atoms with van der Waals surface area (Å²) in [6.45, 7) is 0.422. The second-order valence-corrected chi connectivity index (χ2v) is 6.80. The highest BCUT2D eigenvalue weighted by Gasteiger charge is 2.15. The van der Waals surface area contributed by atoms with Crippen LogP contribution in [0.15, 0.2) is 78.4 Å². The lowest BCUT2D eigenvalue weighted by Crippen LogP contribution is -2.14. The van der Waals surface area contributed by atoms with Gasteiger partial charge in [0.25, 0.3) is 11.6 Å². The molecule has 3 aromatic carbocycles. The number of nitrogens with zero attached hydrogens (tertiary/aromatic N) is 2. The summed E-state index contributed by atoms with van der Waals surface area (Å²) in [7, 11) is 0. The van der Waals surface area contributed by atoms with Crippen LogP contribution in [-0.2, 0) is 11.4 Å². The fourth-order valence-corrected chi connectivity index (χ4v) is 2.79. The second kappa shape index (κ2) is 10.1. The molecular formula is C23H16ClN3O4. The fraction of sp³-hybridized carbons (Fsp3) is 0.0435. The largest absolute Gasteiger partial charge is 0.489 e. The number of non-ortho nitro benzene ring substituents is 1. The van der Waals surface area contributed by atoms with Crippen LogP contribution in [0.3, 0.4) is 0 Å². The monoisotopic (exact) mass is 433 g/mol. The van der Waals surface area contributed by atoms with Crippen LogP contribution in [-0.4, -0.2) is 10.8 Å². The van der Waals surface area contributed by atoms with Crippen molar-refractivity contribution in [3.63, 3.8) is 0 Å². The van der Waals surface area contributed by atoms with Crippen LogP contribution in [0.4, 0.5) is 11.4 Å². The summed E-state index contributed by atoms with van der Waals surface area (Å²) in [6.07, 6.45) is 1.40. The van der Waals surface area contributed by atoms with Crippen molar-refractivity contribution in [1.82, 2.24) is 0 Å². The number of ether oxygens (including phenoxy) is 1. The molecule has 0 bridgehead atoms. The van der Waals surface area contributed by atoms with Crippen LogP contribution in [0.1, 0.15) is 11.1 Å². The van der Waals surface area contributed by atoms with Crippen LogP contribution in [0.25, 0.3) is 6.08 Å². The van der Waals surface area contributed by atoms with Crippen molar-refractivity contribution in [2.24, 2.45) is 0 Å². The zero-order valence-corrected chi connectivity index (χ0v) is 16.9. The highest BCUT2D eigenvalue weighted by molar-refractivity contribution is 6.34. The SMILES string of the molecule is N#C/C(=C\c1ccc(OCc2ccccc2)cc1)C(=O)Nc1cc([N+](=O)[O-])ccc1Cl. The first-order valence-electron chi connectivity index (χ1n) is 9.10. The van der Waals surface area contributed by atoms with Gasteiger partial charge in [0.05, 0.1) is 15.6 Å². The molecule has 3 rings (SSSR count). The highest BCUT2D eigenvalue weighted by atomic mass is 35.5. The summed E-state index contributed by atoms with van der Waals surface area (Å²) in [6, 6.07) is 22.1. The molecule has 1 amide bonds. The number of carbonyl (C=O) groups is 1. The summed E-state index contributed by atoms with van der Waals surface area (Å²) in [5.41, 5.74) is 1.29. The molecule has 31 heavy (non-hydrogen) atoms. The standard InChI is InChI=1S/C23H16ClN3O4/c24-21-11-8-19(27(29)30)13-22(21)26-23(28)18(14-25)12-16-6-9-20(10-7-16)31-15-17-4-2-1-3-5-17/h1-13H,15H2,(H,26,28)/b18-12+. The summed E-state index contributed by atoms with van der Waals surface area (Å²) in [4.78, 5) is 22.8. The van der Waals surface area contributed by atoms with Gasteiger partial charge in [-0.3, -0.25) is 14.9 Å². The predicted molar refractivity (Wildman–Crippen MR) is 118 cm³/mol.